The molecule has 0 unspecified atom stereocenters. The quantitative estimate of drug-likeness (QED) is 0.627. The maximum Gasteiger partial charge on any atom is 0.185 e. The Morgan fingerprint density at radius 2 is 1.67 bits per heavy atom. The van der Waals surface area contributed by atoms with Crippen molar-refractivity contribution in [2.24, 2.45) is 0 Å². The summed E-state index contributed by atoms with van der Waals surface area (Å²) in [7, 11) is 3.83. The fourth-order valence-electron chi connectivity index (χ4n) is 1.81. The molecule has 108 valence electrons. The van der Waals surface area contributed by atoms with Crippen LogP contribution in [-0.4, -0.2) is 19.9 Å². The first-order valence-corrected chi connectivity index (χ1v) is 6.42. The number of anilines is 1. The molecule has 0 saturated carbocycles. The number of carbonyl (C=O) groups is 1. The van der Waals surface area contributed by atoms with Gasteiger partial charge in [-0.25, -0.2) is 8.78 Å². The summed E-state index contributed by atoms with van der Waals surface area (Å²) in [5, 5.41) is 0. The first-order chi connectivity index (χ1) is 9.97. The highest BCUT2D eigenvalue weighted by Crippen LogP contribution is 2.14. The minimum atomic E-state index is -0.931. The van der Waals surface area contributed by atoms with Gasteiger partial charge in [-0.05, 0) is 48.0 Å². The van der Waals surface area contributed by atoms with E-state index in [1.165, 1.54) is 18.2 Å². The standard InChI is InChI=1S/C17H15F2NO/c1-20(2)14-7-5-13(6-8-14)17(21)10-4-12-3-9-15(18)16(19)11-12/h3-11H,1-2H3/b10-4-. The van der Waals surface area contributed by atoms with E-state index in [1.807, 2.05) is 31.1 Å². The second-order valence-corrected chi connectivity index (χ2v) is 4.81. The van der Waals surface area contributed by atoms with Crippen molar-refractivity contribution < 1.29 is 13.6 Å². The average molecular weight is 287 g/mol. The Balaban J connectivity index is 2.13. The van der Waals surface area contributed by atoms with Crippen LogP contribution >= 0.6 is 0 Å². The van der Waals surface area contributed by atoms with Crippen LogP contribution < -0.4 is 4.90 Å². The van der Waals surface area contributed by atoms with Crippen molar-refractivity contribution in [1.29, 1.82) is 0 Å². The molecule has 0 amide bonds. The number of ketones is 1. The molecule has 0 radical (unpaired) electrons. The van der Waals surface area contributed by atoms with E-state index in [1.54, 1.807) is 12.1 Å². The van der Waals surface area contributed by atoms with Gasteiger partial charge in [0, 0.05) is 25.3 Å². The molecule has 2 aromatic carbocycles. The zero-order valence-electron chi connectivity index (χ0n) is 11.8. The van der Waals surface area contributed by atoms with Crippen LogP contribution in [0.15, 0.2) is 48.5 Å². The number of rotatable bonds is 4. The molecule has 0 N–H and O–H groups in total. The van der Waals surface area contributed by atoms with Gasteiger partial charge in [-0.3, -0.25) is 4.79 Å². The van der Waals surface area contributed by atoms with E-state index in [0.29, 0.717) is 11.1 Å². The highest BCUT2D eigenvalue weighted by atomic mass is 19.2. The molecule has 0 atom stereocenters. The maximum absolute atomic E-state index is 13.0. The normalized spacial score (nSPS) is 10.9. The van der Waals surface area contributed by atoms with Crippen LogP contribution in [0.5, 0.6) is 0 Å². The van der Waals surface area contributed by atoms with Gasteiger partial charge in [0.25, 0.3) is 0 Å². The van der Waals surface area contributed by atoms with E-state index in [4.69, 9.17) is 0 Å². The topological polar surface area (TPSA) is 20.3 Å². The number of carbonyl (C=O) groups excluding carboxylic acids is 1. The average Bonchev–Trinajstić information content (AvgIpc) is 2.48. The first-order valence-electron chi connectivity index (χ1n) is 6.42. The molecular formula is C17H15F2NO. The second-order valence-electron chi connectivity index (χ2n) is 4.81. The summed E-state index contributed by atoms with van der Waals surface area (Å²) in [5.74, 6) is -2.03. The van der Waals surface area contributed by atoms with Gasteiger partial charge in [0.2, 0.25) is 0 Å². The third kappa shape index (κ3) is 3.75. The summed E-state index contributed by atoms with van der Waals surface area (Å²) in [6, 6.07) is 10.6. The molecule has 0 aliphatic carbocycles. The Kier molecular flexibility index (Phi) is 4.48. The fourth-order valence-corrected chi connectivity index (χ4v) is 1.81. The lowest BCUT2D eigenvalue weighted by atomic mass is 10.1. The third-order valence-corrected chi connectivity index (χ3v) is 3.04. The van der Waals surface area contributed by atoms with Gasteiger partial charge in [0.05, 0.1) is 0 Å². The molecule has 0 spiro atoms. The largest absolute Gasteiger partial charge is 0.378 e. The second kappa shape index (κ2) is 6.31. The maximum atomic E-state index is 13.0. The lowest BCUT2D eigenvalue weighted by Crippen LogP contribution is -2.08. The molecule has 0 bridgehead atoms. The highest BCUT2D eigenvalue weighted by Gasteiger charge is 2.04. The Morgan fingerprint density at radius 1 is 1.00 bits per heavy atom. The molecule has 0 aromatic heterocycles. The molecule has 2 rings (SSSR count). The van der Waals surface area contributed by atoms with E-state index in [0.717, 1.165) is 17.8 Å². The summed E-state index contributed by atoms with van der Waals surface area (Å²) in [5.41, 5.74) is 1.97. The lowest BCUT2D eigenvalue weighted by molar-refractivity contribution is 0.104. The minimum Gasteiger partial charge on any atom is -0.378 e. The Labute approximate surface area is 122 Å². The number of hydrogen-bond donors (Lipinski definition) is 0. The van der Waals surface area contributed by atoms with Gasteiger partial charge in [0.15, 0.2) is 17.4 Å². The molecule has 4 heteroatoms. The number of hydrogen-bond acceptors (Lipinski definition) is 2. The summed E-state index contributed by atoms with van der Waals surface area (Å²) in [6.07, 6.45) is 2.81. The van der Waals surface area contributed by atoms with E-state index in [2.05, 4.69) is 0 Å². The number of allylic oxidation sites excluding steroid dienone is 1. The molecule has 21 heavy (non-hydrogen) atoms. The van der Waals surface area contributed by atoms with Crippen molar-refractivity contribution in [3.63, 3.8) is 0 Å². The van der Waals surface area contributed by atoms with E-state index in [-0.39, 0.29) is 5.78 Å². The van der Waals surface area contributed by atoms with Crippen molar-refractivity contribution in [1.82, 2.24) is 0 Å². The van der Waals surface area contributed by atoms with Crippen molar-refractivity contribution in [3.8, 4) is 0 Å². The molecular weight excluding hydrogens is 272 g/mol. The summed E-state index contributed by atoms with van der Waals surface area (Å²) < 4.78 is 25.8. The molecule has 0 aliphatic heterocycles. The Hall–Kier alpha value is -2.49. The molecule has 0 heterocycles. The van der Waals surface area contributed by atoms with E-state index >= 15 is 0 Å². The minimum absolute atomic E-state index is 0.190. The third-order valence-electron chi connectivity index (χ3n) is 3.04. The van der Waals surface area contributed by atoms with Gasteiger partial charge >= 0.3 is 0 Å². The molecule has 2 nitrogen and oxygen atoms in total. The highest BCUT2D eigenvalue weighted by molar-refractivity contribution is 6.06. The number of halogens is 2. The molecule has 0 fully saturated rings. The first kappa shape index (κ1) is 14.9. The Morgan fingerprint density at radius 3 is 2.24 bits per heavy atom. The molecule has 0 aliphatic rings. The predicted octanol–water partition coefficient (Wildman–Crippen LogP) is 3.93. The summed E-state index contributed by atoms with van der Waals surface area (Å²) in [4.78, 5) is 13.9. The van der Waals surface area contributed by atoms with Crippen LogP contribution in [0.3, 0.4) is 0 Å². The monoisotopic (exact) mass is 287 g/mol. The smallest absolute Gasteiger partial charge is 0.185 e. The number of nitrogens with zero attached hydrogens (tertiary/aromatic N) is 1. The van der Waals surface area contributed by atoms with Crippen molar-refractivity contribution in [2.45, 2.75) is 0 Å². The van der Waals surface area contributed by atoms with Crippen molar-refractivity contribution in [3.05, 3.63) is 71.3 Å². The van der Waals surface area contributed by atoms with Gasteiger partial charge < -0.3 is 4.90 Å². The lowest BCUT2D eigenvalue weighted by Gasteiger charge is -2.11. The van der Waals surface area contributed by atoms with Gasteiger partial charge in [-0.15, -0.1) is 0 Å². The fraction of sp³-hybridized carbons (Fsp3) is 0.118. The van der Waals surface area contributed by atoms with Crippen LogP contribution in [0.25, 0.3) is 6.08 Å². The van der Waals surface area contributed by atoms with Crippen LogP contribution in [0.2, 0.25) is 0 Å². The number of benzene rings is 2. The summed E-state index contributed by atoms with van der Waals surface area (Å²) in [6.45, 7) is 0. The van der Waals surface area contributed by atoms with E-state index in [9.17, 15) is 13.6 Å². The predicted molar refractivity (Wildman–Crippen MR) is 80.5 cm³/mol. The van der Waals surface area contributed by atoms with Crippen LogP contribution in [0.1, 0.15) is 15.9 Å². The van der Waals surface area contributed by atoms with E-state index < -0.39 is 11.6 Å². The molecule has 0 saturated heterocycles. The zero-order valence-corrected chi connectivity index (χ0v) is 11.8. The van der Waals surface area contributed by atoms with Gasteiger partial charge in [0.1, 0.15) is 0 Å². The van der Waals surface area contributed by atoms with Crippen molar-refractivity contribution in [2.75, 3.05) is 19.0 Å². The van der Waals surface area contributed by atoms with Crippen LogP contribution in [-0.2, 0) is 0 Å². The Bertz CT molecular complexity index is 676. The van der Waals surface area contributed by atoms with Crippen LogP contribution in [0, 0.1) is 11.6 Å². The van der Waals surface area contributed by atoms with Gasteiger partial charge in [-0.2, -0.15) is 0 Å². The SMILES string of the molecule is CN(C)c1ccc(C(=O)/C=C\c2ccc(F)c(F)c2)cc1. The van der Waals surface area contributed by atoms with Crippen molar-refractivity contribution >= 4 is 17.5 Å². The zero-order chi connectivity index (χ0) is 15.4. The molecule has 2 aromatic rings. The van der Waals surface area contributed by atoms with Crippen LogP contribution in [0.4, 0.5) is 14.5 Å². The summed E-state index contributed by atoms with van der Waals surface area (Å²) >= 11 is 0. The van der Waals surface area contributed by atoms with Gasteiger partial charge in [-0.1, -0.05) is 12.1 Å².